The van der Waals surface area contributed by atoms with Crippen LogP contribution in [0.4, 0.5) is 0 Å². The van der Waals surface area contributed by atoms with E-state index in [-0.39, 0.29) is 12.2 Å². The van der Waals surface area contributed by atoms with Crippen LogP contribution in [0.3, 0.4) is 0 Å². The normalized spacial score (nSPS) is 23.8. The van der Waals surface area contributed by atoms with Crippen molar-refractivity contribution < 1.29 is 9.84 Å². The number of nitrogens with two attached hydrogens (primary N) is 1. The molecular formula is C26H36N2O2. The Kier molecular flexibility index (Phi) is 6.77. The molecule has 162 valence electrons. The molecule has 4 heteroatoms. The minimum Gasteiger partial charge on any atom is -0.507 e. The molecule has 1 fully saturated rings. The van der Waals surface area contributed by atoms with Crippen LogP contribution in [0.5, 0.6) is 5.75 Å². The van der Waals surface area contributed by atoms with Gasteiger partial charge in [-0.15, -0.1) is 0 Å². The molecule has 0 amide bonds. The average molecular weight is 409 g/mol. The number of ether oxygens (including phenoxy) is 1. The molecule has 0 aromatic heterocycles. The Morgan fingerprint density at radius 1 is 1.13 bits per heavy atom. The first-order chi connectivity index (χ1) is 14.6. The van der Waals surface area contributed by atoms with Crippen LogP contribution < -0.4 is 5.73 Å². The second kappa shape index (κ2) is 9.51. The first-order valence-electron chi connectivity index (χ1n) is 11.5. The van der Waals surface area contributed by atoms with Gasteiger partial charge in [0.05, 0.1) is 12.2 Å². The first-order valence-corrected chi connectivity index (χ1v) is 11.5. The summed E-state index contributed by atoms with van der Waals surface area (Å²) in [6.45, 7) is 8.17. The van der Waals surface area contributed by atoms with Gasteiger partial charge in [0.15, 0.2) is 0 Å². The Morgan fingerprint density at radius 2 is 1.87 bits per heavy atom. The number of nitrogens with zero attached hydrogens (tertiary/aromatic N) is 1. The summed E-state index contributed by atoms with van der Waals surface area (Å²) >= 11 is 0. The molecule has 1 saturated heterocycles. The van der Waals surface area contributed by atoms with Gasteiger partial charge in [0.2, 0.25) is 0 Å². The maximum atomic E-state index is 10.6. The van der Waals surface area contributed by atoms with Gasteiger partial charge in [-0.25, -0.2) is 0 Å². The predicted octanol–water partition coefficient (Wildman–Crippen LogP) is 4.55. The lowest BCUT2D eigenvalue weighted by atomic mass is 9.83. The quantitative estimate of drug-likeness (QED) is 0.736. The van der Waals surface area contributed by atoms with Crippen molar-refractivity contribution in [2.75, 3.05) is 26.2 Å². The van der Waals surface area contributed by atoms with Crippen LogP contribution in [-0.4, -0.2) is 42.3 Å². The number of hydrogen-bond donors (Lipinski definition) is 2. The zero-order chi connectivity index (χ0) is 21.1. The molecule has 0 bridgehead atoms. The molecule has 4 rings (SSSR count). The second-order valence-electron chi connectivity index (χ2n) is 9.18. The van der Waals surface area contributed by atoms with Gasteiger partial charge < -0.3 is 20.5 Å². The van der Waals surface area contributed by atoms with E-state index in [2.05, 4.69) is 48.2 Å². The van der Waals surface area contributed by atoms with E-state index in [9.17, 15) is 5.11 Å². The van der Waals surface area contributed by atoms with Crippen molar-refractivity contribution in [3.8, 4) is 5.75 Å². The summed E-state index contributed by atoms with van der Waals surface area (Å²) in [6, 6.07) is 14.9. The number of fused-ring (bicyclic) bond motifs is 1. The van der Waals surface area contributed by atoms with Gasteiger partial charge in [0.25, 0.3) is 0 Å². The van der Waals surface area contributed by atoms with Crippen molar-refractivity contribution in [2.24, 2.45) is 11.7 Å². The molecule has 0 radical (unpaired) electrons. The third-order valence-corrected chi connectivity index (χ3v) is 7.23. The molecule has 2 aromatic rings. The Balaban J connectivity index is 1.32. The monoisotopic (exact) mass is 408 g/mol. The largest absolute Gasteiger partial charge is 0.507 e. The number of hydrogen-bond acceptors (Lipinski definition) is 4. The first kappa shape index (κ1) is 21.4. The SMILES string of the molecule is Cc1ccc2c(c1O)C[C@@H](C1CCN(CCC(C)c3ccccc3)CC1)O[C@H]2CN. The predicted molar refractivity (Wildman–Crippen MR) is 122 cm³/mol. The fraction of sp³-hybridized carbons (Fsp3) is 0.538. The standard InChI is InChI=1S/C26H36N2O2/c1-18(20-6-4-3-5-7-20)10-13-28-14-11-21(12-15-28)24-16-23-22(25(17-27)30-24)9-8-19(2)26(23)29/h3-9,18,21,24-25,29H,10-17,27H2,1-2H3/t18?,24-,25-/m0/s1. The van der Waals surface area contributed by atoms with Crippen molar-refractivity contribution in [3.05, 3.63) is 64.7 Å². The lowest BCUT2D eigenvalue weighted by molar-refractivity contribution is -0.0647. The molecule has 2 aromatic carbocycles. The van der Waals surface area contributed by atoms with E-state index in [4.69, 9.17) is 10.5 Å². The summed E-state index contributed by atoms with van der Waals surface area (Å²) in [5.74, 6) is 1.57. The Hall–Kier alpha value is -1.88. The van der Waals surface area contributed by atoms with Gasteiger partial charge in [-0.2, -0.15) is 0 Å². The lowest BCUT2D eigenvalue weighted by Gasteiger charge is -2.40. The van der Waals surface area contributed by atoms with Gasteiger partial charge in [0, 0.05) is 18.5 Å². The van der Waals surface area contributed by atoms with E-state index in [0.717, 1.165) is 55.6 Å². The van der Waals surface area contributed by atoms with Gasteiger partial charge in [0.1, 0.15) is 5.75 Å². The molecule has 2 heterocycles. The lowest BCUT2D eigenvalue weighted by Crippen LogP contribution is -2.42. The number of phenols is 1. The summed E-state index contributed by atoms with van der Waals surface area (Å²) in [6.07, 6.45) is 4.37. The molecule has 3 atom stereocenters. The van der Waals surface area contributed by atoms with Gasteiger partial charge in [-0.1, -0.05) is 49.4 Å². The molecule has 3 N–H and O–H groups in total. The molecule has 4 nitrogen and oxygen atoms in total. The number of piperidine rings is 1. The van der Waals surface area contributed by atoms with Crippen molar-refractivity contribution >= 4 is 0 Å². The molecular weight excluding hydrogens is 372 g/mol. The highest BCUT2D eigenvalue weighted by Gasteiger charge is 2.35. The van der Waals surface area contributed by atoms with Crippen molar-refractivity contribution in [1.29, 1.82) is 0 Å². The average Bonchev–Trinajstić information content (AvgIpc) is 2.80. The van der Waals surface area contributed by atoms with Crippen LogP contribution in [0.1, 0.15) is 60.5 Å². The van der Waals surface area contributed by atoms with Gasteiger partial charge >= 0.3 is 0 Å². The number of rotatable bonds is 6. The summed E-state index contributed by atoms with van der Waals surface area (Å²) in [5, 5.41) is 10.6. The zero-order valence-corrected chi connectivity index (χ0v) is 18.4. The summed E-state index contributed by atoms with van der Waals surface area (Å²) in [7, 11) is 0. The molecule has 0 aliphatic carbocycles. The zero-order valence-electron chi connectivity index (χ0n) is 18.4. The summed E-state index contributed by atoms with van der Waals surface area (Å²) < 4.78 is 6.43. The topological polar surface area (TPSA) is 58.7 Å². The number of benzene rings is 2. The van der Waals surface area contributed by atoms with E-state index in [0.29, 0.717) is 24.1 Å². The number of aryl methyl sites for hydroxylation is 1. The maximum absolute atomic E-state index is 10.6. The highest BCUT2D eigenvalue weighted by Crippen LogP contribution is 2.40. The van der Waals surface area contributed by atoms with E-state index >= 15 is 0 Å². The van der Waals surface area contributed by atoms with Crippen LogP contribution in [0.15, 0.2) is 42.5 Å². The summed E-state index contributed by atoms with van der Waals surface area (Å²) in [4.78, 5) is 2.61. The Bertz CT molecular complexity index is 830. The molecule has 0 saturated carbocycles. The fourth-order valence-corrected chi connectivity index (χ4v) is 5.15. The minimum atomic E-state index is -0.102. The van der Waals surface area contributed by atoms with Crippen molar-refractivity contribution in [3.63, 3.8) is 0 Å². The Labute approximate surface area is 181 Å². The van der Waals surface area contributed by atoms with E-state index in [1.165, 1.54) is 12.0 Å². The van der Waals surface area contributed by atoms with Crippen molar-refractivity contribution in [2.45, 2.75) is 57.7 Å². The highest BCUT2D eigenvalue weighted by molar-refractivity contribution is 5.47. The van der Waals surface area contributed by atoms with Crippen LogP contribution in [-0.2, 0) is 11.2 Å². The van der Waals surface area contributed by atoms with Crippen LogP contribution in [0, 0.1) is 12.8 Å². The van der Waals surface area contributed by atoms with Crippen LogP contribution in [0.2, 0.25) is 0 Å². The molecule has 1 unspecified atom stereocenters. The van der Waals surface area contributed by atoms with E-state index in [1.54, 1.807) is 0 Å². The molecule has 30 heavy (non-hydrogen) atoms. The molecule has 2 aliphatic heterocycles. The fourth-order valence-electron chi connectivity index (χ4n) is 5.15. The van der Waals surface area contributed by atoms with E-state index < -0.39 is 0 Å². The number of aromatic hydroxyl groups is 1. The van der Waals surface area contributed by atoms with Gasteiger partial charge in [-0.3, -0.25) is 0 Å². The number of likely N-dealkylation sites (tertiary alicyclic amines) is 1. The third-order valence-electron chi connectivity index (χ3n) is 7.23. The van der Waals surface area contributed by atoms with E-state index in [1.807, 2.05) is 13.0 Å². The number of phenolic OH excluding ortho intramolecular Hbond substituents is 1. The molecule has 0 spiro atoms. The van der Waals surface area contributed by atoms with Crippen LogP contribution >= 0.6 is 0 Å². The minimum absolute atomic E-state index is 0.102. The Morgan fingerprint density at radius 3 is 2.57 bits per heavy atom. The maximum Gasteiger partial charge on any atom is 0.122 e. The van der Waals surface area contributed by atoms with Crippen LogP contribution in [0.25, 0.3) is 0 Å². The van der Waals surface area contributed by atoms with Crippen molar-refractivity contribution in [1.82, 2.24) is 4.90 Å². The third kappa shape index (κ3) is 4.56. The second-order valence-corrected chi connectivity index (χ2v) is 9.18. The smallest absolute Gasteiger partial charge is 0.122 e. The van der Waals surface area contributed by atoms with Gasteiger partial charge in [-0.05, 0) is 74.3 Å². The molecule has 2 aliphatic rings. The highest BCUT2D eigenvalue weighted by atomic mass is 16.5. The summed E-state index contributed by atoms with van der Waals surface area (Å²) in [5.41, 5.74) is 10.5.